The van der Waals surface area contributed by atoms with Crippen LogP contribution in [0.2, 0.25) is 0 Å². The highest BCUT2D eigenvalue weighted by molar-refractivity contribution is 5.66. The minimum atomic E-state index is -1.23. The molecule has 1 aliphatic rings. The van der Waals surface area contributed by atoms with Crippen LogP contribution in [0.1, 0.15) is 33.6 Å². The molecule has 0 unspecified atom stereocenters. The van der Waals surface area contributed by atoms with E-state index in [0.29, 0.717) is 19.6 Å². The van der Waals surface area contributed by atoms with Crippen molar-refractivity contribution in [2.24, 2.45) is 0 Å². The summed E-state index contributed by atoms with van der Waals surface area (Å²) >= 11 is 0. The minimum absolute atomic E-state index is 0.314. The van der Waals surface area contributed by atoms with Gasteiger partial charge in [-0.2, -0.15) is 0 Å². The molecule has 2 atom stereocenters. The molecule has 0 bridgehead atoms. The largest absolute Gasteiger partial charge is 0.457 e. The van der Waals surface area contributed by atoms with Gasteiger partial charge in [-0.15, -0.1) is 0 Å². The Morgan fingerprint density at radius 2 is 2.12 bits per heavy atom. The molecule has 0 aromatic heterocycles. The van der Waals surface area contributed by atoms with E-state index in [1.54, 1.807) is 13.8 Å². The van der Waals surface area contributed by atoms with Gasteiger partial charge in [0.2, 0.25) is 0 Å². The fourth-order valence-electron chi connectivity index (χ4n) is 1.71. The van der Waals surface area contributed by atoms with Crippen molar-refractivity contribution in [3.8, 4) is 0 Å². The van der Waals surface area contributed by atoms with Crippen LogP contribution in [0.25, 0.3) is 0 Å². The van der Waals surface area contributed by atoms with E-state index in [2.05, 4.69) is 0 Å². The predicted octanol–water partition coefficient (Wildman–Crippen LogP) is 0.842. The van der Waals surface area contributed by atoms with Gasteiger partial charge in [0, 0.05) is 13.5 Å². The van der Waals surface area contributed by atoms with E-state index in [0.717, 1.165) is 6.42 Å². The molecule has 1 rings (SSSR count). The Labute approximate surface area is 95.7 Å². The third-order valence-corrected chi connectivity index (χ3v) is 2.23. The fraction of sp³-hybridized carbons (Fsp3) is 0.909. The Hall–Kier alpha value is -0.650. The molecule has 0 aromatic carbocycles. The van der Waals surface area contributed by atoms with Gasteiger partial charge in [0.05, 0.1) is 6.61 Å². The van der Waals surface area contributed by atoms with E-state index < -0.39 is 11.9 Å². The smallest absolute Gasteiger partial charge is 0.303 e. The van der Waals surface area contributed by atoms with Crippen molar-refractivity contribution >= 4 is 5.97 Å². The summed E-state index contributed by atoms with van der Waals surface area (Å²) in [6, 6.07) is 0. The molecule has 0 saturated carbocycles. The molecule has 1 aliphatic heterocycles. The van der Waals surface area contributed by atoms with Gasteiger partial charge in [0.15, 0.2) is 11.9 Å². The number of hydrogen-bond acceptors (Lipinski definition) is 5. The Bertz CT molecular complexity index is 233. The van der Waals surface area contributed by atoms with Crippen molar-refractivity contribution in [3.63, 3.8) is 0 Å². The summed E-state index contributed by atoms with van der Waals surface area (Å²) in [5, 5.41) is 9.61. The Morgan fingerprint density at radius 1 is 1.44 bits per heavy atom. The minimum Gasteiger partial charge on any atom is -0.457 e. The first-order chi connectivity index (χ1) is 7.38. The summed E-state index contributed by atoms with van der Waals surface area (Å²) < 4.78 is 15.9. The molecule has 0 amide bonds. The second-order valence-corrected chi connectivity index (χ2v) is 4.47. The van der Waals surface area contributed by atoms with Gasteiger partial charge >= 0.3 is 5.97 Å². The van der Waals surface area contributed by atoms with Crippen molar-refractivity contribution < 1.29 is 24.1 Å². The average Bonchev–Trinajstić information content (AvgIpc) is 2.28. The number of carbonyl (C=O) groups is 1. The predicted molar refractivity (Wildman–Crippen MR) is 56.8 cm³/mol. The molecule has 5 nitrogen and oxygen atoms in total. The second-order valence-electron chi connectivity index (χ2n) is 4.47. The zero-order valence-corrected chi connectivity index (χ0v) is 10.1. The van der Waals surface area contributed by atoms with E-state index >= 15 is 0 Å². The van der Waals surface area contributed by atoms with Crippen molar-refractivity contribution in [2.75, 3.05) is 13.2 Å². The highest BCUT2D eigenvalue weighted by Gasteiger charge is 2.31. The van der Waals surface area contributed by atoms with Crippen LogP contribution in [-0.4, -0.2) is 42.3 Å². The normalized spacial score (nSPS) is 27.2. The fourth-order valence-corrected chi connectivity index (χ4v) is 1.71. The lowest BCUT2D eigenvalue weighted by Crippen LogP contribution is -2.41. The number of esters is 1. The third-order valence-electron chi connectivity index (χ3n) is 2.23. The molecule has 0 aliphatic carbocycles. The number of rotatable bonds is 3. The van der Waals surface area contributed by atoms with Crippen molar-refractivity contribution in [1.82, 2.24) is 0 Å². The molecule has 1 fully saturated rings. The van der Waals surface area contributed by atoms with Crippen LogP contribution in [0.5, 0.6) is 0 Å². The molecule has 1 heterocycles. The molecular formula is C11H20O5. The molecule has 94 valence electrons. The average molecular weight is 232 g/mol. The van der Waals surface area contributed by atoms with Crippen LogP contribution in [0.3, 0.4) is 0 Å². The molecule has 0 spiro atoms. The van der Waals surface area contributed by atoms with E-state index in [-0.39, 0.29) is 12.1 Å². The lowest BCUT2D eigenvalue weighted by atomic mass is 10.1. The van der Waals surface area contributed by atoms with E-state index in [9.17, 15) is 9.90 Å². The Morgan fingerprint density at radius 3 is 2.69 bits per heavy atom. The maximum absolute atomic E-state index is 10.9. The summed E-state index contributed by atoms with van der Waals surface area (Å²) in [6.45, 7) is 5.42. The van der Waals surface area contributed by atoms with Crippen LogP contribution >= 0.6 is 0 Å². The van der Waals surface area contributed by atoms with Gasteiger partial charge < -0.3 is 19.3 Å². The quantitative estimate of drug-likeness (QED) is 0.577. The van der Waals surface area contributed by atoms with Crippen LogP contribution in [-0.2, 0) is 19.0 Å². The summed E-state index contributed by atoms with van der Waals surface area (Å²) in [5.74, 6) is -1.59. The number of ether oxygens (including phenoxy) is 3. The van der Waals surface area contributed by atoms with Gasteiger partial charge in [-0.1, -0.05) is 0 Å². The first kappa shape index (κ1) is 13.4. The first-order valence-electron chi connectivity index (χ1n) is 5.53. The molecule has 5 heteroatoms. The number of aliphatic hydroxyl groups is 1. The summed E-state index contributed by atoms with van der Waals surface area (Å²) in [4.78, 5) is 10.9. The molecule has 1 saturated heterocycles. The van der Waals surface area contributed by atoms with Crippen molar-refractivity contribution in [3.05, 3.63) is 0 Å². The van der Waals surface area contributed by atoms with E-state index in [1.807, 2.05) is 0 Å². The topological polar surface area (TPSA) is 65.0 Å². The summed E-state index contributed by atoms with van der Waals surface area (Å²) in [5.41, 5.74) is 0. The number of hydrogen-bond donors (Lipinski definition) is 1. The van der Waals surface area contributed by atoms with Gasteiger partial charge in [0.25, 0.3) is 0 Å². The second kappa shape index (κ2) is 5.61. The molecular weight excluding hydrogens is 212 g/mol. The van der Waals surface area contributed by atoms with Gasteiger partial charge in [0.1, 0.15) is 6.10 Å². The van der Waals surface area contributed by atoms with Crippen molar-refractivity contribution in [1.29, 1.82) is 0 Å². The summed E-state index contributed by atoms with van der Waals surface area (Å²) in [7, 11) is 0. The lowest BCUT2D eigenvalue weighted by molar-refractivity contribution is -0.231. The third kappa shape index (κ3) is 4.92. The first-order valence-corrected chi connectivity index (χ1v) is 5.53. The summed E-state index contributed by atoms with van der Waals surface area (Å²) in [6.07, 6.45) is 0.790. The van der Waals surface area contributed by atoms with Crippen LogP contribution < -0.4 is 0 Å². The monoisotopic (exact) mass is 232 g/mol. The zero-order chi connectivity index (χ0) is 12.2. The van der Waals surface area contributed by atoms with E-state index in [1.165, 1.54) is 6.92 Å². The maximum Gasteiger partial charge on any atom is 0.303 e. The maximum atomic E-state index is 10.9. The zero-order valence-electron chi connectivity index (χ0n) is 10.1. The van der Waals surface area contributed by atoms with Gasteiger partial charge in [-0.05, 0) is 26.7 Å². The van der Waals surface area contributed by atoms with Crippen LogP contribution in [0.15, 0.2) is 0 Å². The van der Waals surface area contributed by atoms with Crippen LogP contribution in [0.4, 0.5) is 0 Å². The molecule has 1 N–H and O–H groups in total. The molecule has 16 heavy (non-hydrogen) atoms. The van der Waals surface area contributed by atoms with Gasteiger partial charge in [-0.25, -0.2) is 0 Å². The number of carbonyl (C=O) groups excluding carboxylic acids is 1. The van der Waals surface area contributed by atoms with Crippen molar-refractivity contribution in [2.45, 2.75) is 51.6 Å². The lowest BCUT2D eigenvalue weighted by Gasteiger charge is -2.30. The highest BCUT2D eigenvalue weighted by Crippen LogP contribution is 2.20. The highest BCUT2D eigenvalue weighted by atomic mass is 16.6. The van der Waals surface area contributed by atoms with Gasteiger partial charge in [-0.3, -0.25) is 4.79 Å². The standard InChI is InChI=1S/C11H20O5/c1-8(12)15-10-7-14-6-4-5-9(10)16-11(2,3)13/h9-10,13H,4-7H2,1-3H3/t9-,10+/m0/s1. The SMILES string of the molecule is CC(=O)O[C@@H]1COCCC[C@@H]1OC(C)(C)O. The van der Waals surface area contributed by atoms with Crippen LogP contribution in [0, 0.1) is 0 Å². The Balaban J connectivity index is 2.62. The van der Waals surface area contributed by atoms with E-state index in [4.69, 9.17) is 14.2 Å². The Kier molecular flexibility index (Phi) is 4.70. The molecule has 0 radical (unpaired) electrons. The molecule has 0 aromatic rings.